The molecule has 120 valence electrons. The van der Waals surface area contributed by atoms with E-state index in [1.54, 1.807) is 0 Å². The summed E-state index contributed by atoms with van der Waals surface area (Å²) in [5, 5.41) is 8.56. The molecule has 1 aromatic heterocycles. The van der Waals surface area contributed by atoms with Crippen molar-refractivity contribution in [1.29, 1.82) is 0 Å². The van der Waals surface area contributed by atoms with Gasteiger partial charge in [-0.15, -0.1) is 5.10 Å². The van der Waals surface area contributed by atoms with Crippen molar-refractivity contribution in [2.45, 2.75) is 45.1 Å². The summed E-state index contributed by atoms with van der Waals surface area (Å²) in [5.74, 6) is 0.747. The molecule has 0 N–H and O–H groups in total. The van der Waals surface area contributed by atoms with E-state index < -0.39 is 0 Å². The maximum atomic E-state index is 12.7. The van der Waals surface area contributed by atoms with Crippen LogP contribution in [0.15, 0.2) is 24.4 Å². The number of carbonyl (C=O) groups is 1. The van der Waals surface area contributed by atoms with E-state index in [1.807, 2.05) is 34.7 Å². The van der Waals surface area contributed by atoms with Gasteiger partial charge in [0, 0.05) is 30.8 Å². The van der Waals surface area contributed by atoms with Crippen molar-refractivity contribution in [3.63, 3.8) is 0 Å². The second-order valence-electron chi connectivity index (χ2n) is 6.89. The summed E-state index contributed by atoms with van der Waals surface area (Å²) in [6.07, 6.45) is 5.50. The van der Waals surface area contributed by atoms with Gasteiger partial charge in [-0.25, -0.2) is 4.68 Å². The molecule has 0 bridgehead atoms. The molecular weight excluding hydrogens is 288 g/mol. The molecule has 2 fully saturated rings. The van der Waals surface area contributed by atoms with Crippen molar-refractivity contribution in [2.75, 3.05) is 13.1 Å². The van der Waals surface area contributed by atoms with E-state index in [9.17, 15) is 4.79 Å². The lowest BCUT2D eigenvalue weighted by Crippen LogP contribution is -2.29. The van der Waals surface area contributed by atoms with Gasteiger partial charge in [-0.2, -0.15) is 0 Å². The first-order valence-electron chi connectivity index (χ1n) is 8.40. The highest BCUT2D eigenvalue weighted by Crippen LogP contribution is 2.39. The number of benzene rings is 1. The van der Waals surface area contributed by atoms with Gasteiger partial charge < -0.3 is 4.90 Å². The van der Waals surface area contributed by atoms with Crippen LogP contribution >= 0.6 is 0 Å². The molecule has 1 aliphatic carbocycles. The van der Waals surface area contributed by atoms with E-state index >= 15 is 0 Å². The topological polar surface area (TPSA) is 51.0 Å². The van der Waals surface area contributed by atoms with Crippen molar-refractivity contribution in [3.05, 3.63) is 46.8 Å². The number of nitrogens with zero attached hydrogens (tertiary/aromatic N) is 4. The third-order valence-corrected chi connectivity index (χ3v) is 5.10. The van der Waals surface area contributed by atoms with Gasteiger partial charge in [0.1, 0.15) is 0 Å². The Morgan fingerprint density at radius 2 is 2.00 bits per heavy atom. The monoisotopic (exact) mass is 310 g/mol. The molecule has 1 atom stereocenters. The van der Waals surface area contributed by atoms with Crippen LogP contribution in [0.3, 0.4) is 0 Å². The number of aromatic nitrogens is 3. The second-order valence-corrected chi connectivity index (χ2v) is 6.89. The van der Waals surface area contributed by atoms with Crippen molar-refractivity contribution in [1.82, 2.24) is 19.9 Å². The molecule has 1 amide bonds. The molecule has 23 heavy (non-hydrogen) atoms. The van der Waals surface area contributed by atoms with E-state index in [2.05, 4.69) is 23.4 Å². The molecule has 5 nitrogen and oxygen atoms in total. The molecule has 1 saturated carbocycles. The average molecular weight is 310 g/mol. The predicted molar refractivity (Wildman–Crippen MR) is 87.5 cm³/mol. The first-order valence-corrected chi connectivity index (χ1v) is 8.40. The molecule has 2 aromatic rings. The molecule has 0 spiro atoms. The minimum atomic E-state index is 0.123. The zero-order valence-electron chi connectivity index (χ0n) is 13.7. The molecule has 1 aliphatic heterocycles. The quantitative estimate of drug-likeness (QED) is 0.876. The van der Waals surface area contributed by atoms with Crippen LogP contribution in [0.5, 0.6) is 0 Å². The van der Waals surface area contributed by atoms with Crippen LogP contribution in [0.1, 0.15) is 58.4 Å². The van der Waals surface area contributed by atoms with Gasteiger partial charge in [0.25, 0.3) is 5.91 Å². The molecular formula is C18H22N4O. The van der Waals surface area contributed by atoms with Gasteiger partial charge in [0.05, 0.1) is 11.7 Å². The first-order chi connectivity index (χ1) is 11.1. The lowest BCUT2D eigenvalue weighted by molar-refractivity contribution is 0.0787. The molecule has 2 heterocycles. The predicted octanol–water partition coefficient (Wildman–Crippen LogP) is 2.86. The SMILES string of the molecule is Cc1ccc(C(=O)N2CCC(n3cc(C4CC4)nn3)C2)cc1C. The fraction of sp³-hybridized carbons (Fsp3) is 0.500. The average Bonchev–Trinajstić information content (AvgIpc) is 3.09. The number of hydrogen-bond donors (Lipinski definition) is 0. The van der Waals surface area contributed by atoms with Crippen LogP contribution in [0.25, 0.3) is 0 Å². The number of aryl methyl sites for hydroxylation is 2. The Balaban J connectivity index is 1.46. The molecule has 2 aliphatic rings. The van der Waals surface area contributed by atoms with E-state index in [-0.39, 0.29) is 11.9 Å². The summed E-state index contributed by atoms with van der Waals surface area (Å²) in [5.41, 5.74) is 4.28. The standard InChI is InChI=1S/C18H22N4O/c1-12-3-4-15(9-13(12)2)18(23)21-8-7-16(10-21)22-11-17(19-20-22)14-5-6-14/h3-4,9,11,14,16H,5-8,10H2,1-2H3. The van der Waals surface area contributed by atoms with Crippen molar-refractivity contribution < 1.29 is 4.79 Å². The van der Waals surface area contributed by atoms with Gasteiger partial charge in [-0.3, -0.25) is 4.79 Å². The van der Waals surface area contributed by atoms with Gasteiger partial charge >= 0.3 is 0 Å². The van der Waals surface area contributed by atoms with E-state index in [0.29, 0.717) is 5.92 Å². The van der Waals surface area contributed by atoms with Crippen LogP contribution in [-0.4, -0.2) is 38.9 Å². The summed E-state index contributed by atoms with van der Waals surface area (Å²) >= 11 is 0. The minimum absolute atomic E-state index is 0.123. The van der Waals surface area contributed by atoms with E-state index in [0.717, 1.165) is 36.3 Å². The number of hydrogen-bond acceptors (Lipinski definition) is 3. The zero-order valence-corrected chi connectivity index (χ0v) is 13.7. The zero-order chi connectivity index (χ0) is 16.0. The normalized spacial score (nSPS) is 21.0. The maximum absolute atomic E-state index is 12.7. The maximum Gasteiger partial charge on any atom is 0.253 e. The molecule has 1 aromatic carbocycles. The highest BCUT2D eigenvalue weighted by molar-refractivity contribution is 5.94. The fourth-order valence-electron chi connectivity index (χ4n) is 3.23. The molecule has 1 unspecified atom stereocenters. The Hall–Kier alpha value is -2.17. The third kappa shape index (κ3) is 2.76. The second kappa shape index (κ2) is 5.48. The van der Waals surface area contributed by atoms with Gasteiger partial charge in [0.2, 0.25) is 0 Å². The highest BCUT2D eigenvalue weighted by atomic mass is 16.2. The van der Waals surface area contributed by atoms with Crippen LogP contribution in [-0.2, 0) is 0 Å². The first kappa shape index (κ1) is 14.4. The number of amides is 1. The third-order valence-electron chi connectivity index (χ3n) is 5.10. The largest absolute Gasteiger partial charge is 0.336 e. The lowest BCUT2D eigenvalue weighted by Gasteiger charge is -2.17. The van der Waals surface area contributed by atoms with Crippen LogP contribution in [0, 0.1) is 13.8 Å². The Bertz CT molecular complexity index is 747. The Labute approximate surface area is 136 Å². The van der Waals surface area contributed by atoms with Gasteiger partial charge in [0.15, 0.2) is 0 Å². The Morgan fingerprint density at radius 3 is 2.74 bits per heavy atom. The van der Waals surface area contributed by atoms with Crippen molar-refractivity contribution in [3.8, 4) is 0 Å². The van der Waals surface area contributed by atoms with Gasteiger partial charge in [-0.1, -0.05) is 11.3 Å². The summed E-state index contributed by atoms with van der Waals surface area (Å²) in [4.78, 5) is 14.6. The molecule has 5 heteroatoms. The Kier molecular flexibility index (Phi) is 3.43. The van der Waals surface area contributed by atoms with Crippen molar-refractivity contribution >= 4 is 5.91 Å². The van der Waals surface area contributed by atoms with Crippen LogP contribution in [0.2, 0.25) is 0 Å². The molecule has 0 radical (unpaired) electrons. The highest BCUT2D eigenvalue weighted by Gasteiger charge is 2.31. The number of likely N-dealkylation sites (tertiary alicyclic amines) is 1. The summed E-state index contributed by atoms with van der Waals surface area (Å²) < 4.78 is 1.96. The Morgan fingerprint density at radius 1 is 1.17 bits per heavy atom. The van der Waals surface area contributed by atoms with Crippen LogP contribution < -0.4 is 0 Å². The van der Waals surface area contributed by atoms with Crippen LogP contribution in [0.4, 0.5) is 0 Å². The smallest absolute Gasteiger partial charge is 0.253 e. The number of carbonyl (C=O) groups excluding carboxylic acids is 1. The summed E-state index contributed by atoms with van der Waals surface area (Å²) in [6, 6.07) is 6.20. The van der Waals surface area contributed by atoms with Crippen molar-refractivity contribution in [2.24, 2.45) is 0 Å². The van der Waals surface area contributed by atoms with E-state index in [1.165, 1.54) is 18.4 Å². The molecule has 1 saturated heterocycles. The minimum Gasteiger partial charge on any atom is -0.336 e. The van der Waals surface area contributed by atoms with Gasteiger partial charge in [-0.05, 0) is 56.4 Å². The molecule has 4 rings (SSSR count). The summed E-state index contributed by atoms with van der Waals surface area (Å²) in [7, 11) is 0. The number of rotatable bonds is 3. The van der Waals surface area contributed by atoms with E-state index in [4.69, 9.17) is 0 Å². The fourth-order valence-corrected chi connectivity index (χ4v) is 3.23. The lowest BCUT2D eigenvalue weighted by atomic mass is 10.1. The summed E-state index contributed by atoms with van der Waals surface area (Å²) in [6.45, 7) is 5.62.